The van der Waals surface area contributed by atoms with Gasteiger partial charge >= 0.3 is 6.29 Å². The van der Waals surface area contributed by atoms with Crippen LogP contribution < -0.4 is 25.4 Å². The maximum absolute atomic E-state index is 13.1. The van der Waals surface area contributed by atoms with Crippen LogP contribution in [0.4, 0.5) is 26.1 Å². The number of hydrogen-bond acceptors (Lipinski definition) is 8. The maximum atomic E-state index is 13.1. The summed E-state index contributed by atoms with van der Waals surface area (Å²) in [5.74, 6) is -0.269. The van der Waals surface area contributed by atoms with Gasteiger partial charge in [0.2, 0.25) is 5.95 Å². The third kappa shape index (κ3) is 4.36. The number of halogens is 3. The van der Waals surface area contributed by atoms with E-state index in [2.05, 4.69) is 35.4 Å². The molecular weight excluding hydrogens is 440 g/mol. The zero-order chi connectivity index (χ0) is 21.3. The molecule has 3 heterocycles. The molecule has 3 N–H and O–H groups in total. The Morgan fingerprint density at radius 1 is 1.20 bits per heavy atom. The summed E-state index contributed by atoms with van der Waals surface area (Å²) in [4.78, 5) is 21.4. The molecule has 0 unspecified atom stereocenters. The topological polar surface area (TPSA) is 97.4 Å². The summed E-state index contributed by atoms with van der Waals surface area (Å²) in [5, 5.41) is 10.7. The molecule has 0 saturated carbocycles. The van der Waals surface area contributed by atoms with Crippen molar-refractivity contribution in [3.63, 3.8) is 0 Å². The fourth-order valence-electron chi connectivity index (χ4n) is 2.69. The van der Waals surface area contributed by atoms with Gasteiger partial charge in [0.25, 0.3) is 5.91 Å². The first kappa shape index (κ1) is 20.1. The Kier molecular flexibility index (Phi) is 5.31. The second kappa shape index (κ2) is 7.92. The Morgan fingerprint density at radius 2 is 2.00 bits per heavy atom. The van der Waals surface area contributed by atoms with Crippen LogP contribution in [0.15, 0.2) is 35.7 Å². The number of thiophene rings is 1. The number of nitrogens with zero attached hydrogens (tertiary/aromatic N) is 2. The Hall–Kier alpha value is -3.18. The SMILES string of the molecule is CNc1nc(Cl)cc(CNc2ccsc2C(=O)Nc2ccc3c(c2)OC(F)(F)O3)n1. The number of benzene rings is 1. The fraction of sp³-hybridized carbons (Fsp3) is 0.167. The Bertz CT molecular complexity index is 1110. The van der Waals surface area contributed by atoms with Gasteiger partial charge in [-0.05, 0) is 29.6 Å². The molecule has 1 aliphatic heterocycles. The first-order valence-corrected chi connectivity index (χ1v) is 9.82. The lowest BCUT2D eigenvalue weighted by molar-refractivity contribution is -0.286. The van der Waals surface area contributed by atoms with E-state index in [0.29, 0.717) is 39.6 Å². The largest absolute Gasteiger partial charge is 0.586 e. The molecular formula is C18H14ClF2N5O3S. The Labute approximate surface area is 178 Å². The number of aromatic nitrogens is 2. The van der Waals surface area contributed by atoms with Crippen molar-refractivity contribution in [1.82, 2.24) is 9.97 Å². The highest BCUT2D eigenvalue weighted by Gasteiger charge is 2.43. The summed E-state index contributed by atoms with van der Waals surface area (Å²) in [6.07, 6.45) is -3.72. The van der Waals surface area contributed by atoms with Crippen LogP contribution in [0, 0.1) is 0 Å². The normalized spacial score (nSPS) is 13.7. The Morgan fingerprint density at radius 3 is 2.80 bits per heavy atom. The minimum absolute atomic E-state index is 0.0964. The number of rotatable bonds is 6. The molecule has 30 heavy (non-hydrogen) atoms. The minimum atomic E-state index is -3.72. The lowest BCUT2D eigenvalue weighted by Crippen LogP contribution is -2.25. The van der Waals surface area contributed by atoms with E-state index in [-0.39, 0.29) is 11.5 Å². The van der Waals surface area contributed by atoms with Crippen molar-refractivity contribution in [2.75, 3.05) is 23.0 Å². The van der Waals surface area contributed by atoms with Gasteiger partial charge in [-0.25, -0.2) is 9.97 Å². The zero-order valence-electron chi connectivity index (χ0n) is 15.3. The summed E-state index contributed by atoms with van der Waals surface area (Å²) in [5.41, 5.74) is 1.51. The monoisotopic (exact) mass is 453 g/mol. The van der Waals surface area contributed by atoms with Gasteiger partial charge in [0.15, 0.2) is 11.5 Å². The number of fused-ring (bicyclic) bond motifs is 1. The van der Waals surface area contributed by atoms with Crippen LogP contribution in [0.2, 0.25) is 5.15 Å². The smallest absolute Gasteiger partial charge is 0.395 e. The van der Waals surface area contributed by atoms with Crippen LogP contribution in [-0.2, 0) is 6.54 Å². The van der Waals surface area contributed by atoms with Crippen LogP contribution in [0.1, 0.15) is 15.4 Å². The number of nitrogens with one attached hydrogen (secondary N) is 3. The number of amides is 1. The van der Waals surface area contributed by atoms with Crippen molar-refractivity contribution in [2.45, 2.75) is 12.8 Å². The van der Waals surface area contributed by atoms with Gasteiger partial charge in [0.1, 0.15) is 10.0 Å². The van der Waals surface area contributed by atoms with E-state index in [9.17, 15) is 13.6 Å². The number of anilines is 3. The highest BCUT2D eigenvalue weighted by molar-refractivity contribution is 7.12. The van der Waals surface area contributed by atoms with E-state index < -0.39 is 12.2 Å². The van der Waals surface area contributed by atoms with Crippen LogP contribution in [0.3, 0.4) is 0 Å². The van der Waals surface area contributed by atoms with Crippen LogP contribution in [-0.4, -0.2) is 29.2 Å². The molecule has 0 bridgehead atoms. The second-order valence-electron chi connectivity index (χ2n) is 6.06. The van der Waals surface area contributed by atoms with Gasteiger partial charge in [-0.1, -0.05) is 11.6 Å². The van der Waals surface area contributed by atoms with Crippen molar-refractivity contribution in [1.29, 1.82) is 0 Å². The first-order chi connectivity index (χ1) is 14.3. The lowest BCUT2D eigenvalue weighted by Gasteiger charge is -2.09. The summed E-state index contributed by atoms with van der Waals surface area (Å²) < 4.78 is 35.0. The molecule has 0 fully saturated rings. The highest BCUT2D eigenvalue weighted by atomic mass is 35.5. The van der Waals surface area contributed by atoms with Gasteiger partial charge in [-0.15, -0.1) is 20.1 Å². The molecule has 4 rings (SSSR count). The quantitative estimate of drug-likeness (QED) is 0.475. The van der Waals surface area contributed by atoms with E-state index in [1.165, 1.54) is 29.5 Å². The molecule has 1 amide bonds. The van der Waals surface area contributed by atoms with Crippen LogP contribution in [0.25, 0.3) is 0 Å². The van der Waals surface area contributed by atoms with E-state index in [0.717, 1.165) is 0 Å². The number of carbonyl (C=O) groups excluding carboxylic acids is 1. The van der Waals surface area contributed by atoms with Crippen molar-refractivity contribution in [3.8, 4) is 11.5 Å². The third-order valence-corrected chi connectivity index (χ3v) is 5.07. The van der Waals surface area contributed by atoms with Crippen molar-refractivity contribution in [2.24, 2.45) is 0 Å². The molecule has 0 saturated heterocycles. The summed E-state index contributed by atoms with van der Waals surface area (Å²) in [6.45, 7) is 0.313. The molecule has 0 atom stereocenters. The van der Waals surface area contributed by atoms with Crippen molar-refractivity contribution in [3.05, 3.63) is 51.4 Å². The highest BCUT2D eigenvalue weighted by Crippen LogP contribution is 2.42. The van der Waals surface area contributed by atoms with E-state index >= 15 is 0 Å². The number of ether oxygens (including phenoxy) is 2. The molecule has 156 valence electrons. The minimum Gasteiger partial charge on any atom is -0.395 e. The lowest BCUT2D eigenvalue weighted by atomic mass is 10.2. The second-order valence-corrected chi connectivity index (χ2v) is 7.36. The predicted octanol–water partition coefficient (Wildman–Crippen LogP) is 4.42. The summed E-state index contributed by atoms with van der Waals surface area (Å²) in [7, 11) is 1.68. The fourth-order valence-corrected chi connectivity index (χ4v) is 3.66. The van der Waals surface area contributed by atoms with Crippen molar-refractivity contribution < 1.29 is 23.0 Å². The first-order valence-electron chi connectivity index (χ1n) is 8.57. The van der Waals surface area contributed by atoms with Gasteiger partial charge in [-0.3, -0.25) is 4.79 Å². The molecule has 8 nitrogen and oxygen atoms in total. The number of carbonyl (C=O) groups is 1. The van der Waals surface area contributed by atoms with Crippen LogP contribution >= 0.6 is 22.9 Å². The van der Waals surface area contributed by atoms with E-state index in [1.807, 2.05) is 0 Å². The summed E-state index contributed by atoms with van der Waals surface area (Å²) >= 11 is 7.20. The Balaban J connectivity index is 1.44. The van der Waals surface area contributed by atoms with Gasteiger partial charge in [-0.2, -0.15) is 0 Å². The molecule has 3 aromatic rings. The predicted molar refractivity (Wildman–Crippen MR) is 109 cm³/mol. The average Bonchev–Trinajstić information content (AvgIpc) is 3.28. The van der Waals surface area contributed by atoms with Gasteiger partial charge in [0, 0.05) is 18.8 Å². The van der Waals surface area contributed by atoms with Crippen LogP contribution in [0.5, 0.6) is 11.5 Å². The number of hydrogen-bond donors (Lipinski definition) is 3. The van der Waals surface area contributed by atoms with Gasteiger partial charge < -0.3 is 25.4 Å². The summed E-state index contributed by atoms with van der Waals surface area (Å²) in [6, 6.07) is 7.39. The standard InChI is InChI=1S/C18H14ClF2N5O3S/c1-22-17-25-10(7-14(19)26-17)8-23-11-4-5-30-15(11)16(27)24-9-2-3-12-13(6-9)29-18(20,21)28-12/h2-7,23H,8H2,1H3,(H,24,27)(H,22,25,26). The zero-order valence-corrected chi connectivity index (χ0v) is 16.9. The number of alkyl halides is 2. The molecule has 1 aromatic carbocycles. The van der Waals surface area contributed by atoms with Crippen molar-refractivity contribution >= 4 is 46.2 Å². The molecule has 0 spiro atoms. The maximum Gasteiger partial charge on any atom is 0.586 e. The molecule has 2 aromatic heterocycles. The average molecular weight is 454 g/mol. The molecule has 12 heteroatoms. The van der Waals surface area contributed by atoms with Gasteiger partial charge in [0.05, 0.1) is 17.9 Å². The van der Waals surface area contributed by atoms with E-state index in [4.69, 9.17) is 11.6 Å². The van der Waals surface area contributed by atoms with E-state index in [1.54, 1.807) is 24.6 Å². The third-order valence-electron chi connectivity index (χ3n) is 3.96. The molecule has 1 aliphatic rings. The molecule has 0 radical (unpaired) electrons. The molecule has 0 aliphatic carbocycles.